The van der Waals surface area contributed by atoms with Gasteiger partial charge in [0.25, 0.3) is 15.8 Å². The van der Waals surface area contributed by atoms with Crippen LogP contribution in [-0.2, 0) is 22.5 Å². The number of anilines is 2. The van der Waals surface area contributed by atoms with Crippen LogP contribution in [0, 0.1) is 0 Å². The van der Waals surface area contributed by atoms with Crippen LogP contribution in [-0.4, -0.2) is 20.2 Å². The Bertz CT molecular complexity index is 1390. The number of aromatic nitrogens is 1. The number of nitrogens with zero attached hydrogens (tertiary/aromatic N) is 2. The number of nitrogens with one attached hydrogen (secondary N) is 1. The van der Waals surface area contributed by atoms with Crippen LogP contribution < -0.4 is 14.2 Å². The molecule has 0 fully saturated rings. The fraction of sp³-hybridized carbons (Fsp3) is 0.208. The van der Waals surface area contributed by atoms with Gasteiger partial charge in [-0.3, -0.25) is 4.72 Å². The van der Waals surface area contributed by atoms with Crippen LogP contribution in [0.4, 0.5) is 11.5 Å². The second-order valence-corrected chi connectivity index (χ2v) is 10.9. The number of imide groups is 1. The first-order chi connectivity index (χ1) is 15.4. The third-order valence-electron chi connectivity index (χ3n) is 5.52. The lowest BCUT2D eigenvalue weighted by atomic mass is 9.87. The van der Waals surface area contributed by atoms with Crippen molar-refractivity contribution in [1.29, 1.82) is 0 Å². The van der Waals surface area contributed by atoms with Gasteiger partial charge in [0.15, 0.2) is 0 Å². The number of sulfonamides is 1. The lowest BCUT2D eigenvalue weighted by molar-refractivity contribution is -0.658. The van der Waals surface area contributed by atoms with Crippen LogP contribution >= 0.6 is 11.6 Å². The van der Waals surface area contributed by atoms with Gasteiger partial charge in [-0.2, -0.15) is 0 Å². The number of halogens is 1. The molecule has 1 aromatic heterocycles. The zero-order valence-corrected chi connectivity index (χ0v) is 20.2. The van der Waals surface area contributed by atoms with E-state index in [-0.39, 0.29) is 32.1 Å². The Hall–Kier alpha value is -3.23. The normalized spacial score (nSPS) is 13.9. The molecule has 170 valence electrons. The molecule has 0 radical (unpaired) electrons. The Kier molecular flexibility index (Phi) is 5.54. The highest BCUT2D eigenvalue weighted by Gasteiger charge is 2.48. The molecule has 7 nitrogen and oxygen atoms in total. The third kappa shape index (κ3) is 4.00. The van der Waals surface area contributed by atoms with E-state index in [4.69, 9.17) is 11.6 Å². The number of amides is 2. The van der Waals surface area contributed by atoms with Gasteiger partial charge in [0.05, 0.1) is 28.9 Å². The highest BCUT2D eigenvalue weighted by Crippen LogP contribution is 2.37. The van der Waals surface area contributed by atoms with Crippen molar-refractivity contribution < 1.29 is 22.6 Å². The average molecular weight is 485 g/mol. The molecule has 2 aromatic carbocycles. The minimum atomic E-state index is -4.02. The fourth-order valence-corrected chi connectivity index (χ4v) is 5.01. The van der Waals surface area contributed by atoms with Gasteiger partial charge in [-0.15, -0.1) is 4.90 Å². The summed E-state index contributed by atoms with van der Waals surface area (Å²) in [5.74, 6) is -0.927. The number of aryl methyl sites for hydroxylation is 1. The van der Waals surface area contributed by atoms with Crippen molar-refractivity contribution in [2.24, 2.45) is 7.05 Å². The van der Waals surface area contributed by atoms with Gasteiger partial charge in [0.1, 0.15) is 11.1 Å². The summed E-state index contributed by atoms with van der Waals surface area (Å²) in [7, 11) is -2.32. The second kappa shape index (κ2) is 7.97. The Labute approximate surface area is 197 Å². The summed E-state index contributed by atoms with van der Waals surface area (Å²) in [6.45, 7) is 6.10. The molecule has 0 saturated carbocycles. The van der Waals surface area contributed by atoms with E-state index in [1.54, 1.807) is 48.1 Å². The van der Waals surface area contributed by atoms with Gasteiger partial charge in [-0.1, -0.05) is 50.6 Å². The summed E-state index contributed by atoms with van der Waals surface area (Å²) < 4.78 is 30.3. The van der Waals surface area contributed by atoms with Crippen LogP contribution in [0.25, 0.3) is 0 Å². The molecule has 0 bridgehead atoms. The Morgan fingerprint density at radius 2 is 1.55 bits per heavy atom. The lowest BCUT2D eigenvalue weighted by Crippen LogP contribution is -2.42. The molecule has 0 atom stereocenters. The predicted molar refractivity (Wildman–Crippen MR) is 126 cm³/mol. The molecule has 3 aromatic rings. The number of hydrogen-bond acceptors (Lipinski definition) is 4. The SMILES string of the molecule is C[n+]1ccccc1N1C(=O)c2c(Cl)ccc(NS(=O)(=O)c3ccc(C(C)(C)C)cc3)c2C1=O. The number of benzene rings is 2. The summed E-state index contributed by atoms with van der Waals surface area (Å²) in [5.41, 5.74) is 0.742. The highest BCUT2D eigenvalue weighted by molar-refractivity contribution is 7.92. The van der Waals surface area contributed by atoms with Crippen LogP contribution in [0.15, 0.2) is 65.7 Å². The summed E-state index contributed by atoms with van der Waals surface area (Å²) in [4.78, 5) is 27.5. The topological polar surface area (TPSA) is 87.4 Å². The van der Waals surface area contributed by atoms with E-state index in [0.29, 0.717) is 5.82 Å². The maximum absolute atomic E-state index is 13.3. The molecule has 2 amide bonds. The van der Waals surface area contributed by atoms with Gasteiger partial charge >= 0.3 is 11.8 Å². The molecule has 33 heavy (non-hydrogen) atoms. The molecule has 1 aliphatic rings. The van der Waals surface area contributed by atoms with Crippen LogP contribution in [0.1, 0.15) is 47.1 Å². The van der Waals surface area contributed by atoms with Crippen LogP contribution in [0.5, 0.6) is 0 Å². The molecule has 0 saturated heterocycles. The van der Waals surface area contributed by atoms with Gasteiger partial charge in [-0.25, -0.2) is 22.6 Å². The Morgan fingerprint density at radius 1 is 0.909 bits per heavy atom. The van der Waals surface area contributed by atoms with E-state index in [9.17, 15) is 18.0 Å². The Morgan fingerprint density at radius 3 is 2.15 bits per heavy atom. The summed E-state index contributed by atoms with van der Waals surface area (Å²) in [5, 5.41) is 0.0712. The second-order valence-electron chi connectivity index (χ2n) is 8.84. The van der Waals surface area contributed by atoms with Gasteiger partial charge in [0, 0.05) is 6.07 Å². The van der Waals surface area contributed by atoms with Gasteiger partial charge < -0.3 is 0 Å². The van der Waals surface area contributed by atoms with Crippen molar-refractivity contribution in [3.63, 3.8) is 0 Å². The van der Waals surface area contributed by atoms with E-state index >= 15 is 0 Å². The van der Waals surface area contributed by atoms with E-state index in [0.717, 1.165) is 10.5 Å². The van der Waals surface area contributed by atoms with Crippen LogP contribution in [0.2, 0.25) is 5.02 Å². The minimum absolute atomic E-state index is 0.00580. The zero-order chi connectivity index (χ0) is 24.1. The maximum Gasteiger partial charge on any atom is 0.352 e. The van der Waals surface area contributed by atoms with Crippen molar-refractivity contribution in [3.05, 3.63) is 82.5 Å². The lowest BCUT2D eigenvalue weighted by Gasteiger charge is -2.19. The largest absolute Gasteiger partial charge is 0.352 e. The number of carbonyl (C=O) groups is 2. The summed E-state index contributed by atoms with van der Waals surface area (Å²) in [6, 6.07) is 14.4. The number of rotatable bonds is 4. The van der Waals surface area contributed by atoms with Crippen LogP contribution in [0.3, 0.4) is 0 Å². The molecule has 0 aliphatic carbocycles. The first kappa shape index (κ1) is 22.9. The first-order valence-corrected chi connectivity index (χ1v) is 12.1. The highest BCUT2D eigenvalue weighted by atomic mass is 35.5. The molecule has 9 heteroatoms. The van der Waals surface area contributed by atoms with Gasteiger partial charge in [0.2, 0.25) is 0 Å². The first-order valence-electron chi connectivity index (χ1n) is 10.2. The fourth-order valence-electron chi connectivity index (χ4n) is 3.70. The molecule has 2 heterocycles. The summed E-state index contributed by atoms with van der Waals surface area (Å²) >= 11 is 6.26. The van der Waals surface area contributed by atoms with Crippen molar-refractivity contribution >= 4 is 44.9 Å². The maximum atomic E-state index is 13.3. The molecular formula is C24H23ClN3O4S+. The molecule has 0 unspecified atom stereocenters. The quantitative estimate of drug-likeness (QED) is 0.447. The van der Waals surface area contributed by atoms with Crippen molar-refractivity contribution in [1.82, 2.24) is 0 Å². The van der Waals surface area contributed by atoms with Crippen molar-refractivity contribution in [2.45, 2.75) is 31.1 Å². The van der Waals surface area contributed by atoms with E-state index in [1.807, 2.05) is 20.8 Å². The van der Waals surface area contributed by atoms with Gasteiger partial charge in [-0.05, 0) is 41.3 Å². The number of fused-ring (bicyclic) bond motifs is 1. The smallest absolute Gasteiger partial charge is 0.279 e. The number of pyridine rings is 1. The molecular weight excluding hydrogens is 462 g/mol. The zero-order valence-electron chi connectivity index (χ0n) is 18.6. The van der Waals surface area contributed by atoms with E-state index in [2.05, 4.69) is 4.72 Å². The molecule has 1 N–H and O–H groups in total. The third-order valence-corrected chi connectivity index (χ3v) is 7.22. The minimum Gasteiger partial charge on any atom is -0.279 e. The molecule has 1 aliphatic heterocycles. The monoisotopic (exact) mass is 484 g/mol. The number of carbonyl (C=O) groups excluding carboxylic acids is 2. The average Bonchev–Trinajstić information content (AvgIpc) is 3.01. The van der Waals surface area contributed by atoms with E-state index in [1.165, 1.54) is 24.3 Å². The molecule has 4 rings (SSSR count). The van der Waals surface area contributed by atoms with Crippen molar-refractivity contribution in [2.75, 3.05) is 9.62 Å². The Balaban J connectivity index is 1.75. The molecule has 0 spiro atoms. The number of hydrogen-bond donors (Lipinski definition) is 1. The van der Waals surface area contributed by atoms with E-state index < -0.39 is 21.8 Å². The predicted octanol–water partition coefficient (Wildman–Crippen LogP) is 4.06. The summed E-state index contributed by atoms with van der Waals surface area (Å²) in [6.07, 6.45) is 1.70. The standard InChI is InChI=1S/C24H22ClN3O4S/c1-24(2,3)15-8-10-16(11-9-15)33(31,32)26-18-13-12-17(25)20-21(18)23(30)28(22(20)29)19-7-5-6-14-27(19)4/h5-14H,1-4H3/p+1. The van der Waals surface area contributed by atoms with Crippen molar-refractivity contribution in [3.8, 4) is 0 Å².